The SMILES string of the molecule is Cc1cc(=O)oc(C)c1C(=O)OCC(=O)Nc1ccc(C(F)(F)F)cc1[N+](=O)[O-]. The average Bonchev–Trinajstić information content (AvgIpc) is 2.58. The minimum absolute atomic E-state index is 0.0289. The van der Waals surface area contributed by atoms with Gasteiger partial charge in [0.1, 0.15) is 17.0 Å². The molecule has 0 aliphatic rings. The maximum atomic E-state index is 12.7. The molecule has 1 heterocycles. The first kappa shape index (κ1) is 21.6. The Labute approximate surface area is 160 Å². The molecular formula is C17H13F3N2O7. The number of rotatable bonds is 5. The van der Waals surface area contributed by atoms with Gasteiger partial charge in [0.25, 0.3) is 11.6 Å². The summed E-state index contributed by atoms with van der Waals surface area (Å²) in [7, 11) is 0. The Kier molecular flexibility index (Phi) is 6.05. The Hall–Kier alpha value is -3.70. The number of esters is 1. The van der Waals surface area contributed by atoms with Gasteiger partial charge in [0, 0.05) is 12.1 Å². The van der Waals surface area contributed by atoms with Crippen LogP contribution in [0.1, 0.15) is 27.2 Å². The lowest BCUT2D eigenvalue weighted by Crippen LogP contribution is -2.22. The van der Waals surface area contributed by atoms with Crippen LogP contribution in [0.5, 0.6) is 0 Å². The highest BCUT2D eigenvalue weighted by atomic mass is 19.4. The fourth-order valence-electron chi connectivity index (χ4n) is 2.42. The minimum Gasteiger partial charge on any atom is -0.452 e. The van der Waals surface area contributed by atoms with E-state index in [1.165, 1.54) is 13.8 Å². The normalized spacial score (nSPS) is 11.1. The third kappa shape index (κ3) is 5.18. The van der Waals surface area contributed by atoms with Crippen molar-refractivity contribution in [3.05, 3.63) is 67.3 Å². The summed E-state index contributed by atoms with van der Waals surface area (Å²) in [6.07, 6.45) is -4.80. The molecule has 0 aliphatic carbocycles. The van der Waals surface area contributed by atoms with Crippen LogP contribution in [-0.2, 0) is 15.7 Å². The number of alkyl halides is 3. The van der Waals surface area contributed by atoms with Gasteiger partial charge < -0.3 is 14.5 Å². The van der Waals surface area contributed by atoms with E-state index in [9.17, 15) is 37.7 Å². The smallest absolute Gasteiger partial charge is 0.416 e. The van der Waals surface area contributed by atoms with E-state index in [1.54, 1.807) is 0 Å². The first-order valence-corrected chi connectivity index (χ1v) is 7.84. The van der Waals surface area contributed by atoms with Crippen molar-refractivity contribution in [2.24, 2.45) is 0 Å². The lowest BCUT2D eigenvalue weighted by atomic mass is 10.1. The van der Waals surface area contributed by atoms with Crippen LogP contribution in [0.25, 0.3) is 0 Å². The molecule has 0 saturated carbocycles. The second-order valence-electron chi connectivity index (χ2n) is 5.79. The summed E-state index contributed by atoms with van der Waals surface area (Å²) in [6.45, 7) is 1.91. The van der Waals surface area contributed by atoms with Crippen molar-refractivity contribution < 1.29 is 36.8 Å². The number of aryl methyl sites for hydroxylation is 2. The molecule has 1 amide bonds. The lowest BCUT2D eigenvalue weighted by molar-refractivity contribution is -0.384. The molecule has 0 radical (unpaired) electrons. The lowest BCUT2D eigenvalue weighted by Gasteiger charge is -2.11. The first-order chi connectivity index (χ1) is 13.4. The number of halogens is 3. The third-order valence-electron chi connectivity index (χ3n) is 3.67. The summed E-state index contributed by atoms with van der Waals surface area (Å²) in [5.74, 6) is -2.03. The molecule has 9 nitrogen and oxygen atoms in total. The van der Waals surface area contributed by atoms with Crippen molar-refractivity contribution in [3.63, 3.8) is 0 Å². The zero-order valence-electron chi connectivity index (χ0n) is 15.0. The summed E-state index contributed by atoms with van der Waals surface area (Å²) in [4.78, 5) is 45.1. The predicted molar refractivity (Wildman–Crippen MR) is 91.5 cm³/mol. The third-order valence-corrected chi connectivity index (χ3v) is 3.67. The van der Waals surface area contributed by atoms with E-state index in [1.807, 2.05) is 5.32 Å². The Morgan fingerprint density at radius 3 is 2.45 bits per heavy atom. The standard InChI is InChI=1S/C17H13F3N2O7/c1-8-5-14(24)29-9(2)15(8)16(25)28-7-13(23)21-11-4-3-10(17(18,19)20)6-12(11)22(26)27/h3-6H,7H2,1-2H3,(H,21,23). The van der Waals surface area contributed by atoms with E-state index in [-0.39, 0.29) is 23.0 Å². The van der Waals surface area contributed by atoms with Crippen molar-refractivity contribution in [2.45, 2.75) is 20.0 Å². The van der Waals surface area contributed by atoms with Crippen LogP contribution in [0.15, 0.2) is 33.5 Å². The van der Waals surface area contributed by atoms with Gasteiger partial charge in [-0.15, -0.1) is 0 Å². The van der Waals surface area contributed by atoms with Crippen LogP contribution in [0.2, 0.25) is 0 Å². The monoisotopic (exact) mass is 414 g/mol. The number of hydrogen-bond acceptors (Lipinski definition) is 7. The molecule has 0 spiro atoms. The highest BCUT2D eigenvalue weighted by Gasteiger charge is 2.33. The Morgan fingerprint density at radius 2 is 1.90 bits per heavy atom. The van der Waals surface area contributed by atoms with Gasteiger partial charge >= 0.3 is 17.8 Å². The van der Waals surface area contributed by atoms with Crippen LogP contribution in [0, 0.1) is 24.0 Å². The van der Waals surface area contributed by atoms with Crippen molar-refractivity contribution in [1.82, 2.24) is 0 Å². The second-order valence-corrected chi connectivity index (χ2v) is 5.79. The number of anilines is 1. The number of amides is 1. The van der Waals surface area contributed by atoms with Gasteiger partial charge in [0.15, 0.2) is 6.61 Å². The van der Waals surface area contributed by atoms with E-state index in [2.05, 4.69) is 0 Å². The van der Waals surface area contributed by atoms with Gasteiger partial charge in [0.2, 0.25) is 0 Å². The molecule has 0 aliphatic heterocycles. The molecule has 1 aromatic heterocycles. The van der Waals surface area contributed by atoms with E-state index >= 15 is 0 Å². The molecule has 2 aromatic rings. The number of hydrogen-bond donors (Lipinski definition) is 1. The largest absolute Gasteiger partial charge is 0.452 e. The van der Waals surface area contributed by atoms with Gasteiger partial charge in [-0.05, 0) is 31.5 Å². The minimum atomic E-state index is -4.80. The van der Waals surface area contributed by atoms with Gasteiger partial charge in [-0.2, -0.15) is 13.2 Å². The molecule has 1 N–H and O–H groups in total. The summed E-state index contributed by atoms with van der Waals surface area (Å²) >= 11 is 0. The Balaban J connectivity index is 2.13. The molecule has 0 saturated heterocycles. The van der Waals surface area contributed by atoms with Crippen LogP contribution in [0.4, 0.5) is 24.5 Å². The van der Waals surface area contributed by atoms with E-state index in [4.69, 9.17) is 9.15 Å². The number of nitrogens with one attached hydrogen (secondary N) is 1. The molecule has 154 valence electrons. The highest BCUT2D eigenvalue weighted by Crippen LogP contribution is 2.34. The maximum Gasteiger partial charge on any atom is 0.416 e. The predicted octanol–water partition coefficient (Wildman–Crippen LogP) is 2.98. The van der Waals surface area contributed by atoms with Crippen molar-refractivity contribution >= 4 is 23.3 Å². The first-order valence-electron chi connectivity index (χ1n) is 7.84. The number of carbonyl (C=O) groups is 2. The highest BCUT2D eigenvalue weighted by molar-refractivity contribution is 5.97. The molecule has 12 heteroatoms. The number of nitro groups is 1. The maximum absolute atomic E-state index is 12.7. The molecular weight excluding hydrogens is 401 g/mol. The molecule has 2 rings (SSSR count). The molecule has 29 heavy (non-hydrogen) atoms. The molecule has 0 bridgehead atoms. The summed E-state index contributed by atoms with van der Waals surface area (Å²) in [5.41, 5.74) is -3.23. The van der Waals surface area contributed by atoms with E-state index < -0.39 is 52.1 Å². The summed E-state index contributed by atoms with van der Waals surface area (Å²) in [6, 6.07) is 2.61. The van der Waals surface area contributed by atoms with Crippen LogP contribution < -0.4 is 10.9 Å². The Bertz CT molecular complexity index is 1020. The summed E-state index contributed by atoms with van der Waals surface area (Å²) < 4.78 is 47.6. The number of benzene rings is 1. The number of nitro benzene ring substituents is 1. The average molecular weight is 414 g/mol. The van der Waals surface area contributed by atoms with Crippen LogP contribution in [0.3, 0.4) is 0 Å². The van der Waals surface area contributed by atoms with Crippen molar-refractivity contribution in [1.29, 1.82) is 0 Å². The van der Waals surface area contributed by atoms with E-state index in [0.29, 0.717) is 6.07 Å². The van der Waals surface area contributed by atoms with Crippen LogP contribution >= 0.6 is 0 Å². The topological polar surface area (TPSA) is 129 Å². The van der Waals surface area contributed by atoms with Crippen molar-refractivity contribution in [3.8, 4) is 0 Å². The number of nitrogens with zero attached hydrogens (tertiary/aromatic N) is 1. The molecule has 1 aromatic carbocycles. The van der Waals surface area contributed by atoms with Gasteiger partial charge in [-0.25, -0.2) is 9.59 Å². The van der Waals surface area contributed by atoms with Gasteiger partial charge in [0.05, 0.1) is 10.5 Å². The van der Waals surface area contributed by atoms with Crippen LogP contribution in [-0.4, -0.2) is 23.4 Å². The zero-order valence-corrected chi connectivity index (χ0v) is 15.0. The molecule has 0 unspecified atom stereocenters. The number of carbonyl (C=O) groups excluding carboxylic acids is 2. The van der Waals surface area contributed by atoms with Gasteiger partial charge in [-0.3, -0.25) is 14.9 Å². The quantitative estimate of drug-likeness (QED) is 0.452. The Morgan fingerprint density at radius 1 is 1.24 bits per heavy atom. The van der Waals surface area contributed by atoms with Gasteiger partial charge in [-0.1, -0.05) is 0 Å². The number of ether oxygens (including phenoxy) is 1. The molecule has 0 fully saturated rings. The summed E-state index contributed by atoms with van der Waals surface area (Å²) in [5, 5.41) is 13.0. The van der Waals surface area contributed by atoms with E-state index in [0.717, 1.165) is 12.1 Å². The van der Waals surface area contributed by atoms with Crippen molar-refractivity contribution in [2.75, 3.05) is 11.9 Å². The fourth-order valence-corrected chi connectivity index (χ4v) is 2.42. The zero-order chi connectivity index (χ0) is 21.9. The molecule has 0 atom stereocenters. The fraction of sp³-hybridized carbons (Fsp3) is 0.235. The second kappa shape index (κ2) is 8.12.